The van der Waals surface area contributed by atoms with Crippen LogP contribution in [0.3, 0.4) is 0 Å². The zero-order valence-corrected chi connectivity index (χ0v) is 27.9. The maximum Gasteiger partial charge on any atom is 0.0228 e. The number of fused-ring (bicyclic) bond motifs is 1. The number of hydrogen-bond acceptors (Lipinski definition) is 1. The van der Waals surface area contributed by atoms with E-state index >= 15 is 0 Å². The van der Waals surface area contributed by atoms with Crippen molar-refractivity contribution in [2.75, 3.05) is 0 Å². The molecule has 0 fully saturated rings. The Hall–Kier alpha value is -5.27. The van der Waals surface area contributed by atoms with Crippen LogP contribution in [0.25, 0.3) is 49.0 Å². The van der Waals surface area contributed by atoms with Gasteiger partial charge in [0.25, 0.3) is 0 Å². The van der Waals surface area contributed by atoms with Crippen LogP contribution in [-0.2, 0) is 5.41 Å². The molecule has 0 spiro atoms. The molecule has 7 aromatic carbocycles. The molecule has 0 saturated heterocycles. The Labute approximate surface area is 283 Å². The SMILES string of the molecule is CC(C)(C)c1cc2ccc3c4c(ccc(c1)c24)=C(c1ccc(C2C=NC=CC2)cc1)CC3c1ccc(-c2cccc3ccccc23)cc1. The smallest absolute Gasteiger partial charge is 0.0228 e. The third kappa shape index (κ3) is 4.80. The first-order valence-electron chi connectivity index (χ1n) is 17.3. The fraction of sp³-hybridized carbons (Fsp3) is 0.170. The lowest BCUT2D eigenvalue weighted by molar-refractivity contribution is 0.591. The molecule has 1 heterocycles. The second-order valence-electron chi connectivity index (χ2n) is 14.7. The molecule has 0 saturated carbocycles. The monoisotopic (exact) mass is 617 g/mol. The fourth-order valence-electron chi connectivity index (χ4n) is 8.17. The van der Waals surface area contributed by atoms with E-state index in [0.717, 1.165) is 12.8 Å². The summed E-state index contributed by atoms with van der Waals surface area (Å²) in [6, 6.07) is 48.5. The van der Waals surface area contributed by atoms with E-state index in [9.17, 15) is 0 Å². The Kier molecular flexibility index (Phi) is 6.73. The summed E-state index contributed by atoms with van der Waals surface area (Å²) < 4.78 is 0. The van der Waals surface area contributed by atoms with Crippen LogP contribution in [0.4, 0.5) is 0 Å². The molecule has 1 aliphatic heterocycles. The summed E-state index contributed by atoms with van der Waals surface area (Å²) >= 11 is 0. The predicted molar refractivity (Wildman–Crippen MR) is 205 cm³/mol. The largest absolute Gasteiger partial charge is 0.269 e. The van der Waals surface area contributed by atoms with Crippen molar-refractivity contribution in [1.82, 2.24) is 0 Å². The van der Waals surface area contributed by atoms with E-state index in [1.165, 1.54) is 82.1 Å². The van der Waals surface area contributed by atoms with E-state index in [1.54, 1.807) is 0 Å². The number of aliphatic imine (C=N–C) groups is 1. The Bertz CT molecular complexity index is 2450. The summed E-state index contributed by atoms with van der Waals surface area (Å²) in [5.41, 5.74) is 10.9. The molecule has 0 bridgehead atoms. The molecule has 1 nitrogen and oxygen atoms in total. The number of hydrogen-bond donors (Lipinski definition) is 0. The van der Waals surface area contributed by atoms with E-state index in [4.69, 9.17) is 0 Å². The van der Waals surface area contributed by atoms with Crippen molar-refractivity contribution in [2.45, 2.75) is 50.9 Å². The van der Waals surface area contributed by atoms with Gasteiger partial charge in [-0.15, -0.1) is 0 Å². The summed E-state index contributed by atoms with van der Waals surface area (Å²) in [6.07, 6.45) is 8.13. The van der Waals surface area contributed by atoms with Gasteiger partial charge in [-0.1, -0.05) is 154 Å². The second kappa shape index (κ2) is 11.2. The third-order valence-electron chi connectivity index (χ3n) is 10.8. The van der Waals surface area contributed by atoms with Gasteiger partial charge in [0.1, 0.15) is 0 Å². The van der Waals surface area contributed by atoms with E-state index in [2.05, 4.69) is 165 Å². The van der Waals surface area contributed by atoms with Gasteiger partial charge in [0.15, 0.2) is 0 Å². The van der Waals surface area contributed by atoms with Gasteiger partial charge in [-0.05, 0) is 100 Å². The molecule has 0 N–H and O–H groups in total. The average Bonchev–Trinajstić information content (AvgIpc) is 3.13. The van der Waals surface area contributed by atoms with E-state index in [0.29, 0.717) is 5.92 Å². The molecule has 2 unspecified atom stereocenters. The highest BCUT2D eigenvalue weighted by atomic mass is 14.7. The lowest BCUT2D eigenvalue weighted by atomic mass is 9.75. The highest BCUT2D eigenvalue weighted by molar-refractivity contribution is 6.13. The van der Waals surface area contributed by atoms with Crippen LogP contribution in [-0.4, -0.2) is 6.21 Å². The zero-order chi connectivity index (χ0) is 32.4. The molecule has 0 amide bonds. The van der Waals surface area contributed by atoms with Gasteiger partial charge in [-0.3, -0.25) is 4.99 Å². The van der Waals surface area contributed by atoms with Gasteiger partial charge in [0.2, 0.25) is 0 Å². The maximum atomic E-state index is 4.41. The quantitative estimate of drug-likeness (QED) is 0.186. The molecule has 48 heavy (non-hydrogen) atoms. The first-order chi connectivity index (χ1) is 23.4. The number of allylic oxidation sites excluding steroid dienone is 1. The predicted octanol–water partition coefficient (Wildman–Crippen LogP) is 11.6. The topological polar surface area (TPSA) is 12.4 Å². The highest BCUT2D eigenvalue weighted by Gasteiger charge is 2.27. The third-order valence-corrected chi connectivity index (χ3v) is 10.8. The summed E-state index contributed by atoms with van der Waals surface area (Å²) in [5.74, 6) is 0.613. The number of rotatable bonds is 4. The van der Waals surface area contributed by atoms with Crippen LogP contribution in [0.5, 0.6) is 0 Å². The van der Waals surface area contributed by atoms with E-state index in [1.807, 2.05) is 6.20 Å². The van der Waals surface area contributed by atoms with Gasteiger partial charge in [0, 0.05) is 24.3 Å². The summed E-state index contributed by atoms with van der Waals surface area (Å²) in [4.78, 5) is 4.41. The molecule has 1 aliphatic carbocycles. The molecular formula is C47H39N. The van der Waals surface area contributed by atoms with Gasteiger partial charge in [-0.2, -0.15) is 0 Å². The summed E-state index contributed by atoms with van der Waals surface area (Å²) in [7, 11) is 0. The minimum Gasteiger partial charge on any atom is -0.269 e. The Morgan fingerprint density at radius 3 is 2.08 bits per heavy atom. The lowest BCUT2D eigenvalue weighted by Gasteiger charge is -2.29. The molecule has 0 radical (unpaired) electrons. The van der Waals surface area contributed by atoms with Gasteiger partial charge in [0.05, 0.1) is 0 Å². The van der Waals surface area contributed by atoms with Crippen LogP contribution >= 0.6 is 0 Å². The molecular weight excluding hydrogens is 579 g/mol. The minimum absolute atomic E-state index is 0.0879. The van der Waals surface area contributed by atoms with Gasteiger partial charge < -0.3 is 0 Å². The first kappa shape index (κ1) is 28.9. The van der Waals surface area contributed by atoms with Crippen molar-refractivity contribution < 1.29 is 0 Å². The van der Waals surface area contributed by atoms with Crippen molar-refractivity contribution in [3.8, 4) is 11.1 Å². The highest BCUT2D eigenvalue weighted by Crippen LogP contribution is 2.43. The van der Waals surface area contributed by atoms with Crippen molar-refractivity contribution in [1.29, 1.82) is 0 Å². The number of benzene rings is 7. The van der Waals surface area contributed by atoms with Crippen molar-refractivity contribution in [3.05, 3.63) is 173 Å². The van der Waals surface area contributed by atoms with Crippen LogP contribution < -0.4 is 5.22 Å². The number of nitrogens with zero attached hydrogens (tertiary/aromatic N) is 1. The van der Waals surface area contributed by atoms with Crippen molar-refractivity contribution >= 4 is 44.1 Å². The van der Waals surface area contributed by atoms with Crippen molar-refractivity contribution in [3.63, 3.8) is 0 Å². The molecule has 1 heteroatoms. The standard InChI is InChI=1S/C47H39N/c1-47(2,3)38-26-35-21-23-41-43(33-15-13-30(14-16-33)37-10-7-25-48-29-37)28-44(42-24-22-36(27-38)45(35)46(41)42)34-19-17-32(18-20-34)40-12-6-9-31-8-4-5-11-39(31)40/h4-9,11-27,29,37,44H,10,28H2,1-3H3. The minimum atomic E-state index is 0.0879. The zero-order valence-electron chi connectivity index (χ0n) is 27.9. The Morgan fingerprint density at radius 1 is 0.625 bits per heavy atom. The Balaban J connectivity index is 1.21. The maximum absolute atomic E-state index is 4.41. The van der Waals surface area contributed by atoms with E-state index < -0.39 is 0 Å². The van der Waals surface area contributed by atoms with Crippen molar-refractivity contribution in [2.24, 2.45) is 4.99 Å². The van der Waals surface area contributed by atoms with E-state index in [-0.39, 0.29) is 11.3 Å². The van der Waals surface area contributed by atoms with Crippen LogP contribution in [0.1, 0.15) is 73.3 Å². The summed E-state index contributed by atoms with van der Waals surface area (Å²) in [5, 5.41) is 9.45. The van der Waals surface area contributed by atoms with Gasteiger partial charge >= 0.3 is 0 Å². The van der Waals surface area contributed by atoms with Gasteiger partial charge in [-0.25, -0.2) is 0 Å². The molecule has 2 atom stereocenters. The van der Waals surface area contributed by atoms with Crippen LogP contribution in [0.15, 0.2) is 145 Å². The molecule has 0 aromatic heterocycles. The molecule has 7 aromatic rings. The average molecular weight is 618 g/mol. The molecule has 232 valence electrons. The van der Waals surface area contributed by atoms with Crippen LogP contribution in [0.2, 0.25) is 0 Å². The van der Waals surface area contributed by atoms with Crippen LogP contribution in [0, 0.1) is 0 Å². The fourth-order valence-corrected chi connectivity index (χ4v) is 8.17. The Morgan fingerprint density at radius 2 is 1.33 bits per heavy atom. The lowest BCUT2D eigenvalue weighted by Crippen LogP contribution is -2.20. The second-order valence-corrected chi connectivity index (χ2v) is 14.7. The normalized spacial score (nSPS) is 17.5. The first-order valence-corrected chi connectivity index (χ1v) is 17.3. The summed E-state index contributed by atoms with van der Waals surface area (Å²) in [6.45, 7) is 6.94. The molecule has 2 aliphatic rings. The molecule has 9 rings (SSSR count).